The summed E-state index contributed by atoms with van der Waals surface area (Å²) in [5.41, 5.74) is -0.0227. The molecule has 0 aliphatic carbocycles. The second-order valence-corrected chi connectivity index (χ2v) is 6.30. The average Bonchev–Trinajstić information content (AvgIpc) is 2.43. The topological polar surface area (TPSA) is 23.6 Å². The first-order chi connectivity index (χ1) is 8.54. The first-order valence-corrected chi connectivity index (χ1v) is 7.59. The SMILES string of the molecule is CC[C@@H](C)N1C[C@@]2(CCCN([C@@H](C)CC)C2)C1=O. The Balaban J connectivity index is 2.00. The molecule has 2 aliphatic heterocycles. The number of carbonyl (C=O) groups is 1. The average molecular weight is 252 g/mol. The molecular formula is C15H28N2O. The molecule has 2 aliphatic rings. The Hall–Kier alpha value is -0.570. The molecule has 3 atom stereocenters. The quantitative estimate of drug-likeness (QED) is 0.718. The Morgan fingerprint density at radius 1 is 1.17 bits per heavy atom. The van der Waals surface area contributed by atoms with Crippen LogP contribution < -0.4 is 0 Å². The molecule has 3 nitrogen and oxygen atoms in total. The van der Waals surface area contributed by atoms with E-state index in [4.69, 9.17) is 0 Å². The Morgan fingerprint density at radius 2 is 1.83 bits per heavy atom. The lowest BCUT2D eigenvalue weighted by Gasteiger charge is -2.56. The van der Waals surface area contributed by atoms with Crippen molar-refractivity contribution in [2.24, 2.45) is 5.41 Å². The Morgan fingerprint density at radius 3 is 2.39 bits per heavy atom. The molecule has 1 amide bonds. The smallest absolute Gasteiger partial charge is 0.232 e. The van der Waals surface area contributed by atoms with E-state index in [-0.39, 0.29) is 5.41 Å². The van der Waals surface area contributed by atoms with E-state index in [1.165, 1.54) is 19.4 Å². The molecule has 0 N–H and O–H groups in total. The summed E-state index contributed by atoms with van der Waals surface area (Å²) in [6, 6.07) is 1.04. The molecule has 18 heavy (non-hydrogen) atoms. The van der Waals surface area contributed by atoms with E-state index in [1.807, 2.05) is 0 Å². The van der Waals surface area contributed by atoms with Crippen molar-refractivity contribution in [1.82, 2.24) is 9.80 Å². The van der Waals surface area contributed by atoms with Crippen molar-refractivity contribution >= 4 is 5.91 Å². The summed E-state index contributed by atoms with van der Waals surface area (Å²) in [5, 5.41) is 0. The van der Waals surface area contributed by atoms with Gasteiger partial charge in [0, 0.05) is 25.2 Å². The zero-order valence-electron chi connectivity index (χ0n) is 12.4. The van der Waals surface area contributed by atoms with Crippen molar-refractivity contribution in [3.8, 4) is 0 Å². The summed E-state index contributed by atoms with van der Waals surface area (Å²) < 4.78 is 0. The molecule has 2 saturated heterocycles. The van der Waals surface area contributed by atoms with Gasteiger partial charge in [-0.15, -0.1) is 0 Å². The van der Waals surface area contributed by atoms with Crippen LogP contribution in [0.25, 0.3) is 0 Å². The predicted molar refractivity (Wildman–Crippen MR) is 74.5 cm³/mol. The van der Waals surface area contributed by atoms with Crippen LogP contribution in [0.4, 0.5) is 0 Å². The highest BCUT2D eigenvalue weighted by Crippen LogP contribution is 2.42. The number of nitrogens with zero attached hydrogens (tertiary/aromatic N) is 2. The zero-order chi connectivity index (χ0) is 13.3. The molecule has 0 radical (unpaired) electrons. The Kier molecular flexibility index (Phi) is 4.00. The molecule has 0 bridgehead atoms. The van der Waals surface area contributed by atoms with Crippen LogP contribution in [0.3, 0.4) is 0 Å². The molecule has 0 unspecified atom stereocenters. The van der Waals surface area contributed by atoms with Crippen LogP contribution in [-0.4, -0.2) is 47.4 Å². The van der Waals surface area contributed by atoms with Gasteiger partial charge >= 0.3 is 0 Å². The minimum atomic E-state index is -0.0227. The number of hydrogen-bond acceptors (Lipinski definition) is 2. The summed E-state index contributed by atoms with van der Waals surface area (Å²) in [7, 11) is 0. The van der Waals surface area contributed by atoms with Gasteiger partial charge in [-0.3, -0.25) is 9.69 Å². The minimum Gasteiger partial charge on any atom is -0.338 e. The second-order valence-electron chi connectivity index (χ2n) is 6.30. The number of piperidine rings is 1. The van der Waals surface area contributed by atoms with Crippen LogP contribution in [0, 0.1) is 5.41 Å². The highest BCUT2D eigenvalue weighted by Gasteiger charge is 2.54. The molecule has 0 aromatic carbocycles. The van der Waals surface area contributed by atoms with E-state index in [0.717, 1.165) is 25.9 Å². The first kappa shape index (κ1) is 13.9. The van der Waals surface area contributed by atoms with Gasteiger partial charge in [0.2, 0.25) is 5.91 Å². The third-order valence-electron chi connectivity index (χ3n) is 5.13. The number of carbonyl (C=O) groups excluding carboxylic acids is 1. The Bertz CT molecular complexity index is 318. The van der Waals surface area contributed by atoms with Crippen LogP contribution >= 0.6 is 0 Å². The number of hydrogen-bond donors (Lipinski definition) is 0. The molecule has 2 heterocycles. The standard InChI is InChI=1S/C15H28N2O/c1-5-12(3)16-9-7-8-15(10-16)11-17(14(15)18)13(4)6-2/h12-13H,5-11H2,1-4H3/t12-,13+,15-/m0/s1. The maximum atomic E-state index is 12.5. The molecule has 2 fully saturated rings. The maximum Gasteiger partial charge on any atom is 0.232 e. The largest absolute Gasteiger partial charge is 0.338 e. The van der Waals surface area contributed by atoms with E-state index >= 15 is 0 Å². The lowest BCUT2D eigenvalue weighted by molar-refractivity contribution is -0.171. The van der Waals surface area contributed by atoms with Gasteiger partial charge < -0.3 is 4.90 Å². The summed E-state index contributed by atoms with van der Waals surface area (Å²) in [4.78, 5) is 17.1. The van der Waals surface area contributed by atoms with Gasteiger partial charge in [0.1, 0.15) is 0 Å². The molecule has 1 spiro atoms. The van der Waals surface area contributed by atoms with Crippen LogP contribution in [0.2, 0.25) is 0 Å². The van der Waals surface area contributed by atoms with E-state index in [0.29, 0.717) is 18.0 Å². The van der Waals surface area contributed by atoms with Gasteiger partial charge in [-0.1, -0.05) is 13.8 Å². The zero-order valence-corrected chi connectivity index (χ0v) is 12.4. The number of amides is 1. The predicted octanol–water partition coefficient (Wildman–Crippen LogP) is 2.51. The van der Waals surface area contributed by atoms with Crippen LogP contribution in [0.1, 0.15) is 53.4 Å². The van der Waals surface area contributed by atoms with Gasteiger partial charge in [0.05, 0.1) is 5.41 Å². The van der Waals surface area contributed by atoms with Crippen molar-refractivity contribution in [3.63, 3.8) is 0 Å². The lowest BCUT2D eigenvalue weighted by atomic mass is 9.71. The van der Waals surface area contributed by atoms with Gasteiger partial charge in [-0.2, -0.15) is 0 Å². The number of rotatable bonds is 4. The third kappa shape index (κ3) is 2.18. The number of β-lactam (4-membered cyclic amide) rings is 1. The third-order valence-corrected chi connectivity index (χ3v) is 5.13. The highest BCUT2D eigenvalue weighted by molar-refractivity contribution is 5.89. The molecule has 0 aromatic heterocycles. The fourth-order valence-electron chi connectivity index (χ4n) is 3.36. The van der Waals surface area contributed by atoms with Gasteiger partial charge in [0.15, 0.2) is 0 Å². The fraction of sp³-hybridized carbons (Fsp3) is 0.933. The van der Waals surface area contributed by atoms with Crippen LogP contribution in [-0.2, 0) is 4.79 Å². The van der Waals surface area contributed by atoms with Gasteiger partial charge in [0.25, 0.3) is 0 Å². The lowest BCUT2D eigenvalue weighted by Crippen LogP contribution is -2.69. The highest BCUT2D eigenvalue weighted by atomic mass is 16.2. The molecule has 3 heteroatoms. The normalized spacial score (nSPS) is 32.4. The summed E-state index contributed by atoms with van der Waals surface area (Å²) in [5.74, 6) is 0.421. The van der Waals surface area contributed by atoms with Gasteiger partial charge in [-0.25, -0.2) is 0 Å². The van der Waals surface area contributed by atoms with Crippen molar-refractivity contribution in [1.29, 1.82) is 0 Å². The van der Waals surface area contributed by atoms with E-state index in [1.54, 1.807) is 0 Å². The van der Waals surface area contributed by atoms with Crippen LogP contribution in [0.15, 0.2) is 0 Å². The molecule has 104 valence electrons. The fourth-order valence-corrected chi connectivity index (χ4v) is 3.36. The molecule has 0 saturated carbocycles. The van der Waals surface area contributed by atoms with Crippen molar-refractivity contribution in [3.05, 3.63) is 0 Å². The van der Waals surface area contributed by atoms with E-state index in [2.05, 4.69) is 37.5 Å². The summed E-state index contributed by atoms with van der Waals surface area (Å²) in [6.07, 6.45) is 4.53. The monoisotopic (exact) mass is 252 g/mol. The molecule has 0 aromatic rings. The van der Waals surface area contributed by atoms with Crippen molar-refractivity contribution < 1.29 is 4.79 Å². The van der Waals surface area contributed by atoms with Crippen LogP contribution in [0.5, 0.6) is 0 Å². The maximum absolute atomic E-state index is 12.5. The molecular weight excluding hydrogens is 224 g/mol. The van der Waals surface area contributed by atoms with Crippen molar-refractivity contribution in [2.75, 3.05) is 19.6 Å². The second kappa shape index (κ2) is 5.20. The van der Waals surface area contributed by atoms with E-state index in [9.17, 15) is 4.79 Å². The minimum absolute atomic E-state index is 0.0227. The first-order valence-electron chi connectivity index (χ1n) is 7.59. The van der Waals surface area contributed by atoms with Gasteiger partial charge in [-0.05, 0) is 46.1 Å². The van der Waals surface area contributed by atoms with Crippen molar-refractivity contribution in [2.45, 2.75) is 65.5 Å². The molecule has 2 rings (SSSR count). The number of likely N-dealkylation sites (tertiary alicyclic amines) is 2. The Labute approximate surface area is 112 Å². The van der Waals surface area contributed by atoms with E-state index < -0.39 is 0 Å². The summed E-state index contributed by atoms with van der Waals surface area (Å²) >= 11 is 0. The summed E-state index contributed by atoms with van der Waals surface area (Å²) in [6.45, 7) is 12.0.